The Kier molecular flexibility index (Phi) is 5.87. The van der Waals surface area contributed by atoms with Gasteiger partial charge in [-0.2, -0.15) is 0 Å². The molecule has 2 N–H and O–H groups in total. The van der Waals surface area contributed by atoms with E-state index < -0.39 is 11.8 Å². The van der Waals surface area contributed by atoms with Crippen LogP contribution in [0.15, 0.2) is 24.3 Å². The van der Waals surface area contributed by atoms with Crippen molar-refractivity contribution in [2.75, 3.05) is 25.6 Å². The molecule has 98 valence electrons. The normalized spacial score (nSPS) is 9.89. The summed E-state index contributed by atoms with van der Waals surface area (Å²) in [5.74, 6) is -1.31. The van der Waals surface area contributed by atoms with Crippen LogP contribution in [0.1, 0.15) is 12.5 Å². The van der Waals surface area contributed by atoms with Gasteiger partial charge in [-0.25, -0.2) is 0 Å². The van der Waals surface area contributed by atoms with Crippen LogP contribution in [-0.4, -0.2) is 32.1 Å². The lowest BCUT2D eigenvalue weighted by Gasteiger charge is -2.09. The Balaban J connectivity index is 2.55. The Labute approximate surface area is 107 Å². The van der Waals surface area contributed by atoms with E-state index in [0.717, 1.165) is 12.0 Å². The lowest BCUT2D eigenvalue weighted by atomic mass is 10.1. The van der Waals surface area contributed by atoms with Crippen molar-refractivity contribution in [3.8, 4) is 0 Å². The molecular formula is C13H18N2O3. The number of carbonyl (C=O) groups is 2. The van der Waals surface area contributed by atoms with E-state index in [1.54, 1.807) is 6.07 Å². The molecule has 0 saturated carbocycles. The molecule has 5 nitrogen and oxygen atoms in total. The summed E-state index contributed by atoms with van der Waals surface area (Å²) < 4.78 is 4.78. The van der Waals surface area contributed by atoms with E-state index in [9.17, 15) is 9.59 Å². The average molecular weight is 250 g/mol. The summed E-state index contributed by atoms with van der Waals surface area (Å²) in [6.07, 6.45) is 0.793. The van der Waals surface area contributed by atoms with Crippen LogP contribution in [0.2, 0.25) is 0 Å². The second-order valence-corrected chi connectivity index (χ2v) is 3.71. The standard InChI is InChI=1S/C13H18N2O3/c1-3-10-6-4-5-7-11(10)15-13(17)12(16)14-8-9-18-2/h4-7H,3,8-9H2,1-2H3,(H,14,16)(H,15,17). The lowest BCUT2D eigenvalue weighted by Crippen LogP contribution is -2.37. The molecule has 5 heteroatoms. The van der Waals surface area contributed by atoms with E-state index in [-0.39, 0.29) is 0 Å². The van der Waals surface area contributed by atoms with Gasteiger partial charge in [0.25, 0.3) is 0 Å². The quantitative estimate of drug-likeness (QED) is 0.604. The highest BCUT2D eigenvalue weighted by Gasteiger charge is 2.13. The van der Waals surface area contributed by atoms with E-state index in [2.05, 4.69) is 10.6 Å². The van der Waals surface area contributed by atoms with Gasteiger partial charge in [0.15, 0.2) is 0 Å². The highest BCUT2D eigenvalue weighted by atomic mass is 16.5. The molecule has 1 aromatic carbocycles. The Bertz CT molecular complexity index is 418. The van der Waals surface area contributed by atoms with Crippen LogP contribution >= 0.6 is 0 Å². The van der Waals surface area contributed by atoms with E-state index in [1.807, 2.05) is 25.1 Å². The third-order valence-corrected chi connectivity index (χ3v) is 2.44. The van der Waals surface area contributed by atoms with Crippen molar-refractivity contribution in [1.29, 1.82) is 0 Å². The molecule has 0 unspecified atom stereocenters. The van der Waals surface area contributed by atoms with Crippen molar-refractivity contribution >= 4 is 17.5 Å². The Morgan fingerprint density at radius 1 is 1.22 bits per heavy atom. The number of nitrogens with one attached hydrogen (secondary N) is 2. The van der Waals surface area contributed by atoms with Crippen LogP contribution in [0.5, 0.6) is 0 Å². The fraction of sp³-hybridized carbons (Fsp3) is 0.385. The molecule has 0 heterocycles. The lowest BCUT2D eigenvalue weighted by molar-refractivity contribution is -0.136. The van der Waals surface area contributed by atoms with Crippen LogP contribution in [0.3, 0.4) is 0 Å². The maximum absolute atomic E-state index is 11.6. The first-order valence-electron chi connectivity index (χ1n) is 5.85. The molecule has 1 rings (SSSR count). The molecule has 0 aliphatic carbocycles. The van der Waals surface area contributed by atoms with Crippen LogP contribution in [0.4, 0.5) is 5.69 Å². The first kappa shape index (κ1) is 14.2. The molecular weight excluding hydrogens is 232 g/mol. The first-order chi connectivity index (χ1) is 8.69. The van der Waals surface area contributed by atoms with E-state index in [0.29, 0.717) is 18.8 Å². The van der Waals surface area contributed by atoms with Crippen molar-refractivity contribution in [1.82, 2.24) is 5.32 Å². The van der Waals surface area contributed by atoms with Crippen molar-refractivity contribution in [3.05, 3.63) is 29.8 Å². The van der Waals surface area contributed by atoms with Gasteiger partial charge in [0, 0.05) is 19.3 Å². The molecule has 0 fully saturated rings. The highest BCUT2D eigenvalue weighted by molar-refractivity contribution is 6.39. The zero-order valence-electron chi connectivity index (χ0n) is 10.7. The summed E-state index contributed by atoms with van der Waals surface area (Å²) >= 11 is 0. The predicted molar refractivity (Wildman–Crippen MR) is 69.3 cm³/mol. The summed E-state index contributed by atoms with van der Waals surface area (Å²) in [5, 5.41) is 5.06. The van der Waals surface area contributed by atoms with Gasteiger partial charge in [-0.1, -0.05) is 25.1 Å². The third-order valence-electron chi connectivity index (χ3n) is 2.44. The van der Waals surface area contributed by atoms with Gasteiger partial charge in [0.05, 0.1) is 6.61 Å². The molecule has 18 heavy (non-hydrogen) atoms. The summed E-state index contributed by atoms with van der Waals surface area (Å²) in [4.78, 5) is 23.1. The topological polar surface area (TPSA) is 67.4 Å². The number of carbonyl (C=O) groups excluding carboxylic acids is 2. The van der Waals surface area contributed by atoms with Gasteiger partial charge in [0.1, 0.15) is 0 Å². The number of aryl methyl sites for hydroxylation is 1. The Morgan fingerprint density at radius 2 is 1.94 bits per heavy atom. The summed E-state index contributed by atoms with van der Waals surface area (Å²) in [7, 11) is 1.53. The minimum atomic E-state index is -0.660. The number of anilines is 1. The zero-order chi connectivity index (χ0) is 13.4. The van der Waals surface area contributed by atoms with Crippen LogP contribution < -0.4 is 10.6 Å². The van der Waals surface area contributed by atoms with Crippen LogP contribution in [0.25, 0.3) is 0 Å². The van der Waals surface area contributed by atoms with Crippen LogP contribution in [-0.2, 0) is 20.7 Å². The molecule has 0 aliphatic rings. The SMILES string of the molecule is CCc1ccccc1NC(=O)C(=O)NCCOC. The molecule has 0 radical (unpaired) electrons. The molecule has 0 atom stereocenters. The maximum atomic E-state index is 11.6. The van der Waals surface area contributed by atoms with Gasteiger partial charge < -0.3 is 15.4 Å². The number of ether oxygens (including phenoxy) is 1. The zero-order valence-corrected chi connectivity index (χ0v) is 10.7. The Morgan fingerprint density at radius 3 is 2.61 bits per heavy atom. The number of methoxy groups -OCH3 is 1. The fourth-order valence-corrected chi connectivity index (χ4v) is 1.48. The van der Waals surface area contributed by atoms with Crippen molar-refractivity contribution < 1.29 is 14.3 Å². The minimum Gasteiger partial charge on any atom is -0.383 e. The molecule has 2 amide bonds. The van der Waals surface area contributed by atoms with Gasteiger partial charge in [0.2, 0.25) is 0 Å². The number of hydrogen-bond acceptors (Lipinski definition) is 3. The highest BCUT2D eigenvalue weighted by Crippen LogP contribution is 2.14. The van der Waals surface area contributed by atoms with E-state index in [4.69, 9.17) is 4.74 Å². The van der Waals surface area contributed by atoms with Crippen LogP contribution in [0, 0.1) is 0 Å². The van der Waals surface area contributed by atoms with Crippen molar-refractivity contribution in [2.24, 2.45) is 0 Å². The molecule has 0 spiro atoms. The number of hydrogen-bond donors (Lipinski definition) is 2. The first-order valence-corrected chi connectivity index (χ1v) is 5.85. The minimum absolute atomic E-state index is 0.318. The molecule has 0 bridgehead atoms. The summed E-state index contributed by atoms with van der Waals surface area (Å²) in [6, 6.07) is 7.41. The predicted octanol–water partition coefficient (Wildman–Crippen LogP) is 0.950. The largest absolute Gasteiger partial charge is 0.383 e. The van der Waals surface area contributed by atoms with E-state index in [1.165, 1.54) is 7.11 Å². The number of rotatable bonds is 5. The number of amides is 2. The third kappa shape index (κ3) is 4.18. The second-order valence-electron chi connectivity index (χ2n) is 3.71. The molecule has 0 saturated heterocycles. The van der Waals surface area contributed by atoms with Gasteiger partial charge >= 0.3 is 11.8 Å². The maximum Gasteiger partial charge on any atom is 0.313 e. The summed E-state index contributed by atoms with van der Waals surface area (Å²) in [5.41, 5.74) is 1.67. The number of para-hydroxylation sites is 1. The second kappa shape index (κ2) is 7.45. The van der Waals surface area contributed by atoms with Crippen molar-refractivity contribution in [2.45, 2.75) is 13.3 Å². The fourth-order valence-electron chi connectivity index (χ4n) is 1.48. The Hall–Kier alpha value is -1.88. The smallest absolute Gasteiger partial charge is 0.313 e. The average Bonchev–Trinajstić information content (AvgIpc) is 2.39. The monoisotopic (exact) mass is 250 g/mol. The summed E-state index contributed by atoms with van der Waals surface area (Å²) in [6.45, 7) is 2.69. The molecule has 1 aromatic rings. The molecule has 0 aliphatic heterocycles. The van der Waals surface area contributed by atoms with Gasteiger partial charge in [-0.05, 0) is 18.1 Å². The number of benzene rings is 1. The van der Waals surface area contributed by atoms with Gasteiger partial charge in [-0.15, -0.1) is 0 Å². The molecule has 0 aromatic heterocycles. The van der Waals surface area contributed by atoms with Gasteiger partial charge in [-0.3, -0.25) is 9.59 Å². The van der Waals surface area contributed by atoms with Crippen molar-refractivity contribution in [3.63, 3.8) is 0 Å². The van der Waals surface area contributed by atoms with E-state index >= 15 is 0 Å².